The third kappa shape index (κ3) is 2.46. The summed E-state index contributed by atoms with van der Waals surface area (Å²) in [6.45, 7) is 5.85. The summed E-state index contributed by atoms with van der Waals surface area (Å²) in [5.41, 5.74) is 1.79. The van der Waals surface area contributed by atoms with Gasteiger partial charge in [0.15, 0.2) is 0 Å². The van der Waals surface area contributed by atoms with Crippen LogP contribution in [0, 0.1) is 11.2 Å². The second-order valence-electron chi connectivity index (χ2n) is 4.97. The molecule has 0 atom stereocenters. The van der Waals surface area contributed by atoms with Crippen molar-refractivity contribution in [2.24, 2.45) is 0 Å². The van der Waals surface area contributed by atoms with Crippen molar-refractivity contribution in [2.45, 2.75) is 25.1 Å². The van der Waals surface area contributed by atoms with E-state index in [0.717, 1.165) is 24.2 Å². The molecular formula is C13H17FN2S. The number of fused-ring (bicyclic) bond motifs is 1. The monoisotopic (exact) mass is 252 g/mol. The van der Waals surface area contributed by atoms with E-state index in [1.807, 2.05) is 4.90 Å². The van der Waals surface area contributed by atoms with E-state index in [-0.39, 0.29) is 10.6 Å². The fraction of sp³-hybridized carbons (Fsp3) is 0.462. The first-order valence-corrected chi connectivity index (χ1v) is 6.83. The molecule has 0 saturated carbocycles. The first-order valence-electron chi connectivity index (χ1n) is 5.60. The molecule has 0 spiro atoms. The van der Waals surface area contributed by atoms with Crippen LogP contribution in [0.25, 0.3) is 0 Å². The third-order valence-corrected chi connectivity index (χ3v) is 4.36. The maximum Gasteiger partial charge on any atom is 0.128 e. The van der Waals surface area contributed by atoms with Crippen LogP contribution in [-0.4, -0.2) is 28.3 Å². The van der Waals surface area contributed by atoms with Gasteiger partial charge in [0.25, 0.3) is 0 Å². The Bertz CT molecular complexity index is 457. The van der Waals surface area contributed by atoms with Gasteiger partial charge in [-0.25, -0.2) is 4.39 Å². The highest BCUT2D eigenvalue weighted by Gasteiger charge is 2.29. The summed E-state index contributed by atoms with van der Waals surface area (Å²) >= 11 is 1.79. The van der Waals surface area contributed by atoms with Crippen molar-refractivity contribution in [1.29, 1.82) is 5.41 Å². The molecule has 0 amide bonds. The molecule has 0 fully saturated rings. The second-order valence-corrected chi connectivity index (χ2v) is 6.48. The summed E-state index contributed by atoms with van der Waals surface area (Å²) < 4.78 is 13.3. The smallest absolute Gasteiger partial charge is 0.128 e. The molecule has 17 heavy (non-hydrogen) atoms. The number of hydrogen-bond donors (Lipinski definition) is 1. The Morgan fingerprint density at radius 2 is 2.18 bits per heavy atom. The van der Waals surface area contributed by atoms with Crippen molar-refractivity contribution >= 4 is 17.6 Å². The van der Waals surface area contributed by atoms with Gasteiger partial charge in [-0.2, -0.15) is 11.8 Å². The van der Waals surface area contributed by atoms with E-state index in [2.05, 4.69) is 20.1 Å². The molecule has 0 saturated heterocycles. The van der Waals surface area contributed by atoms with E-state index in [1.165, 1.54) is 12.1 Å². The van der Waals surface area contributed by atoms with Crippen molar-refractivity contribution in [3.8, 4) is 0 Å². The van der Waals surface area contributed by atoms with Crippen LogP contribution in [0.5, 0.6) is 0 Å². The van der Waals surface area contributed by atoms with Gasteiger partial charge in [0.05, 0.1) is 0 Å². The average Bonchev–Trinajstić information content (AvgIpc) is 2.56. The molecular weight excluding hydrogens is 235 g/mol. The molecule has 1 aliphatic rings. The maximum absolute atomic E-state index is 13.1. The lowest BCUT2D eigenvalue weighted by Crippen LogP contribution is -2.36. The summed E-state index contributed by atoms with van der Waals surface area (Å²) in [7, 11) is 0. The lowest BCUT2D eigenvalue weighted by molar-refractivity contribution is 0.391. The molecule has 92 valence electrons. The molecule has 1 aromatic carbocycles. The normalized spacial score (nSPS) is 15.3. The Morgan fingerprint density at radius 1 is 1.47 bits per heavy atom. The highest BCUT2D eigenvalue weighted by molar-refractivity contribution is 7.99. The minimum Gasteiger partial charge on any atom is -0.351 e. The summed E-state index contributed by atoms with van der Waals surface area (Å²) in [4.78, 5) is 2.01. The van der Waals surface area contributed by atoms with Crippen molar-refractivity contribution in [1.82, 2.24) is 4.90 Å². The van der Waals surface area contributed by atoms with Gasteiger partial charge in [0, 0.05) is 23.4 Å². The molecule has 0 radical (unpaired) electrons. The molecule has 0 bridgehead atoms. The minimum absolute atomic E-state index is 0.104. The largest absolute Gasteiger partial charge is 0.351 e. The summed E-state index contributed by atoms with van der Waals surface area (Å²) in [6, 6.07) is 4.71. The number of rotatable bonds is 3. The number of amidine groups is 1. The SMILES string of the molecule is CSC(C)(C)CN1Cc2ccc(F)cc2C1=N. The summed E-state index contributed by atoms with van der Waals surface area (Å²) in [6.07, 6.45) is 2.08. The van der Waals surface area contributed by atoms with Gasteiger partial charge < -0.3 is 4.90 Å². The van der Waals surface area contributed by atoms with Crippen molar-refractivity contribution < 1.29 is 4.39 Å². The Balaban J connectivity index is 2.20. The van der Waals surface area contributed by atoms with Crippen LogP contribution in [-0.2, 0) is 6.54 Å². The lowest BCUT2D eigenvalue weighted by atomic mass is 10.1. The Kier molecular flexibility index (Phi) is 3.17. The fourth-order valence-corrected chi connectivity index (χ4v) is 2.31. The number of thioether (sulfide) groups is 1. The van der Waals surface area contributed by atoms with E-state index in [1.54, 1.807) is 17.8 Å². The van der Waals surface area contributed by atoms with Gasteiger partial charge in [-0.1, -0.05) is 6.07 Å². The number of nitrogens with zero attached hydrogens (tertiary/aromatic N) is 1. The molecule has 2 rings (SSSR count). The zero-order valence-corrected chi connectivity index (χ0v) is 11.2. The van der Waals surface area contributed by atoms with Crippen molar-refractivity contribution in [3.05, 3.63) is 35.1 Å². The first-order chi connectivity index (χ1) is 7.93. The third-order valence-electron chi connectivity index (χ3n) is 3.13. The van der Waals surface area contributed by atoms with Crippen molar-refractivity contribution in [2.75, 3.05) is 12.8 Å². The quantitative estimate of drug-likeness (QED) is 0.895. The highest BCUT2D eigenvalue weighted by Crippen LogP contribution is 2.29. The van der Waals surface area contributed by atoms with Gasteiger partial charge in [-0.15, -0.1) is 0 Å². The average molecular weight is 252 g/mol. The van der Waals surface area contributed by atoms with Crippen LogP contribution in [0.2, 0.25) is 0 Å². The molecule has 0 aliphatic carbocycles. The van der Waals surface area contributed by atoms with Crippen molar-refractivity contribution in [3.63, 3.8) is 0 Å². The molecule has 1 aromatic rings. The van der Waals surface area contributed by atoms with Gasteiger partial charge >= 0.3 is 0 Å². The molecule has 1 heterocycles. The second kappa shape index (κ2) is 4.33. The molecule has 0 aromatic heterocycles. The zero-order chi connectivity index (χ0) is 12.6. The van der Waals surface area contributed by atoms with Gasteiger partial charge in [-0.3, -0.25) is 5.41 Å². The van der Waals surface area contributed by atoms with E-state index in [0.29, 0.717) is 5.84 Å². The molecule has 1 N–H and O–H groups in total. The van der Waals surface area contributed by atoms with Crippen LogP contribution in [0.3, 0.4) is 0 Å². The molecule has 2 nitrogen and oxygen atoms in total. The van der Waals surface area contributed by atoms with Crippen LogP contribution in [0.1, 0.15) is 25.0 Å². The standard InChI is InChI=1S/C13H17FN2S/c1-13(2,17-3)8-16-7-9-4-5-10(14)6-11(9)12(16)15/h4-6,15H,7-8H2,1-3H3. The fourth-order valence-electron chi connectivity index (χ4n) is 2.02. The van der Waals surface area contributed by atoms with Gasteiger partial charge in [0.1, 0.15) is 11.7 Å². The summed E-state index contributed by atoms with van der Waals surface area (Å²) in [5, 5.41) is 8.09. The predicted molar refractivity (Wildman–Crippen MR) is 71.2 cm³/mol. The topological polar surface area (TPSA) is 27.1 Å². The van der Waals surface area contributed by atoms with Crippen LogP contribution in [0.4, 0.5) is 4.39 Å². The Labute approximate surface area is 106 Å². The minimum atomic E-state index is -0.264. The predicted octanol–water partition coefficient (Wildman–Crippen LogP) is 3.11. The maximum atomic E-state index is 13.1. The van der Waals surface area contributed by atoms with E-state index >= 15 is 0 Å². The summed E-state index contributed by atoms with van der Waals surface area (Å²) in [5.74, 6) is 0.182. The highest BCUT2D eigenvalue weighted by atomic mass is 32.2. The lowest BCUT2D eigenvalue weighted by Gasteiger charge is -2.29. The van der Waals surface area contributed by atoms with Crippen LogP contribution in [0.15, 0.2) is 18.2 Å². The number of halogens is 1. The Morgan fingerprint density at radius 3 is 2.82 bits per heavy atom. The van der Waals surface area contributed by atoms with Crippen LogP contribution >= 0.6 is 11.8 Å². The van der Waals surface area contributed by atoms with Crippen LogP contribution < -0.4 is 0 Å². The van der Waals surface area contributed by atoms with Gasteiger partial charge in [0.2, 0.25) is 0 Å². The Hall–Kier alpha value is -1.03. The zero-order valence-electron chi connectivity index (χ0n) is 10.4. The van der Waals surface area contributed by atoms with E-state index in [9.17, 15) is 4.39 Å². The van der Waals surface area contributed by atoms with E-state index < -0.39 is 0 Å². The van der Waals surface area contributed by atoms with E-state index in [4.69, 9.17) is 5.41 Å². The first kappa shape index (κ1) is 12.4. The van der Waals surface area contributed by atoms with Gasteiger partial charge in [-0.05, 0) is 37.8 Å². The number of nitrogens with one attached hydrogen (secondary N) is 1. The molecule has 1 aliphatic heterocycles. The molecule has 0 unspecified atom stereocenters. The molecule has 4 heteroatoms. The number of benzene rings is 1. The number of hydrogen-bond acceptors (Lipinski definition) is 2.